The molecular formula is C19H16ClFN2O3. The molecular weight excluding hydrogens is 359 g/mol. The summed E-state index contributed by atoms with van der Waals surface area (Å²) in [5.41, 5.74) is 0.594. The fourth-order valence-corrected chi connectivity index (χ4v) is 2.98. The highest BCUT2D eigenvalue weighted by Gasteiger charge is 2.20. The monoisotopic (exact) mass is 374 g/mol. The Balaban J connectivity index is 2.03. The first-order chi connectivity index (χ1) is 12.5. The quantitative estimate of drug-likeness (QED) is 0.721. The summed E-state index contributed by atoms with van der Waals surface area (Å²) in [4.78, 5) is 28.8. The summed E-state index contributed by atoms with van der Waals surface area (Å²) in [6.07, 6.45) is 0. The number of aromatic nitrogens is 1. The molecule has 0 radical (unpaired) electrons. The molecule has 0 aliphatic heterocycles. The minimum absolute atomic E-state index is 0.0690. The zero-order valence-corrected chi connectivity index (χ0v) is 14.5. The van der Waals surface area contributed by atoms with Crippen LogP contribution in [-0.4, -0.2) is 34.0 Å². The topological polar surface area (TPSA) is 73.4 Å². The molecule has 2 aromatic carbocycles. The van der Waals surface area contributed by atoms with Crippen LogP contribution in [0.25, 0.3) is 10.9 Å². The molecule has 0 atom stereocenters. The Morgan fingerprint density at radius 2 is 1.96 bits per heavy atom. The van der Waals surface area contributed by atoms with E-state index >= 15 is 0 Å². The number of aromatic amines is 1. The molecule has 0 spiro atoms. The molecule has 1 amide bonds. The minimum atomic E-state index is -0.513. The van der Waals surface area contributed by atoms with Crippen LogP contribution in [0, 0.1) is 5.82 Å². The molecule has 0 aliphatic rings. The Hall–Kier alpha value is -2.70. The molecule has 3 aromatic rings. The Bertz CT molecular complexity index is 1020. The van der Waals surface area contributed by atoms with E-state index < -0.39 is 17.3 Å². The molecule has 0 saturated carbocycles. The van der Waals surface area contributed by atoms with Crippen LogP contribution in [0.1, 0.15) is 15.9 Å². The molecule has 134 valence electrons. The van der Waals surface area contributed by atoms with Crippen molar-refractivity contribution in [1.82, 2.24) is 9.88 Å². The average molecular weight is 375 g/mol. The standard InChI is InChI=1S/C19H16ClFN2O3/c20-16-4-2-1-3-12(16)11-23(7-8-24)19(26)15-10-18(25)22-17-9-13(21)5-6-14(15)17/h1-6,9-10,24H,7-8,11H2,(H,22,25). The van der Waals surface area contributed by atoms with Crippen LogP contribution >= 0.6 is 11.6 Å². The predicted molar refractivity (Wildman–Crippen MR) is 97.8 cm³/mol. The zero-order chi connectivity index (χ0) is 18.7. The van der Waals surface area contributed by atoms with Crippen molar-refractivity contribution in [3.63, 3.8) is 0 Å². The lowest BCUT2D eigenvalue weighted by Crippen LogP contribution is -2.34. The van der Waals surface area contributed by atoms with Gasteiger partial charge in [-0.25, -0.2) is 4.39 Å². The van der Waals surface area contributed by atoms with Gasteiger partial charge in [0, 0.05) is 29.6 Å². The fourth-order valence-electron chi connectivity index (χ4n) is 2.79. The van der Waals surface area contributed by atoms with Crippen molar-refractivity contribution in [2.24, 2.45) is 0 Å². The van der Waals surface area contributed by atoms with Crippen molar-refractivity contribution in [3.05, 3.63) is 80.9 Å². The van der Waals surface area contributed by atoms with Crippen molar-refractivity contribution in [3.8, 4) is 0 Å². The Kier molecular flexibility index (Phi) is 5.35. The lowest BCUT2D eigenvalue weighted by atomic mass is 10.1. The van der Waals surface area contributed by atoms with E-state index in [0.717, 1.165) is 11.6 Å². The number of H-pyrrole nitrogens is 1. The number of carbonyl (C=O) groups is 1. The van der Waals surface area contributed by atoms with Crippen molar-refractivity contribution < 1.29 is 14.3 Å². The highest BCUT2D eigenvalue weighted by atomic mass is 35.5. The molecule has 0 fully saturated rings. The average Bonchev–Trinajstić information content (AvgIpc) is 2.61. The van der Waals surface area contributed by atoms with E-state index in [-0.39, 0.29) is 30.8 Å². The van der Waals surface area contributed by atoms with Crippen molar-refractivity contribution >= 4 is 28.4 Å². The van der Waals surface area contributed by atoms with Gasteiger partial charge in [-0.15, -0.1) is 0 Å². The van der Waals surface area contributed by atoms with Gasteiger partial charge in [-0.1, -0.05) is 29.8 Å². The second kappa shape index (κ2) is 7.68. The van der Waals surface area contributed by atoms with Crippen LogP contribution in [0.15, 0.2) is 53.3 Å². The van der Waals surface area contributed by atoms with Crippen LogP contribution in [0.5, 0.6) is 0 Å². The van der Waals surface area contributed by atoms with Crippen LogP contribution in [0.2, 0.25) is 5.02 Å². The van der Waals surface area contributed by atoms with Crippen LogP contribution in [-0.2, 0) is 6.54 Å². The van der Waals surface area contributed by atoms with Gasteiger partial charge >= 0.3 is 0 Å². The number of nitrogens with one attached hydrogen (secondary N) is 1. The number of halogens is 2. The summed E-state index contributed by atoms with van der Waals surface area (Å²) in [5.74, 6) is -0.956. The first kappa shape index (κ1) is 18.1. The highest BCUT2D eigenvalue weighted by molar-refractivity contribution is 6.31. The molecule has 2 N–H and O–H groups in total. The number of nitrogens with zero attached hydrogens (tertiary/aromatic N) is 1. The molecule has 0 bridgehead atoms. The number of amides is 1. The third-order valence-corrected chi connectivity index (χ3v) is 4.38. The molecule has 26 heavy (non-hydrogen) atoms. The number of carbonyl (C=O) groups excluding carboxylic acids is 1. The van der Waals surface area contributed by atoms with E-state index in [1.54, 1.807) is 24.3 Å². The van der Waals surface area contributed by atoms with E-state index in [1.165, 1.54) is 23.1 Å². The number of rotatable bonds is 5. The lowest BCUT2D eigenvalue weighted by molar-refractivity contribution is 0.0709. The van der Waals surface area contributed by atoms with Gasteiger partial charge in [0.1, 0.15) is 5.82 Å². The number of pyridine rings is 1. The Morgan fingerprint density at radius 1 is 1.19 bits per heavy atom. The number of aliphatic hydroxyl groups is 1. The van der Waals surface area contributed by atoms with E-state index in [4.69, 9.17) is 11.6 Å². The van der Waals surface area contributed by atoms with Gasteiger partial charge in [0.15, 0.2) is 0 Å². The number of hydrogen-bond donors (Lipinski definition) is 2. The van der Waals surface area contributed by atoms with Gasteiger partial charge < -0.3 is 15.0 Å². The van der Waals surface area contributed by atoms with Crippen LogP contribution in [0.4, 0.5) is 4.39 Å². The molecule has 0 saturated heterocycles. The summed E-state index contributed by atoms with van der Waals surface area (Å²) in [6.45, 7) is 0.0000410. The molecule has 1 heterocycles. The molecule has 0 unspecified atom stereocenters. The lowest BCUT2D eigenvalue weighted by Gasteiger charge is -2.23. The maximum absolute atomic E-state index is 13.4. The summed E-state index contributed by atoms with van der Waals surface area (Å²) >= 11 is 6.16. The van der Waals surface area contributed by atoms with Gasteiger partial charge in [0.25, 0.3) is 5.91 Å². The minimum Gasteiger partial charge on any atom is -0.395 e. The number of hydrogen-bond acceptors (Lipinski definition) is 3. The molecule has 7 heteroatoms. The summed E-state index contributed by atoms with van der Waals surface area (Å²) in [5, 5.41) is 10.3. The third-order valence-electron chi connectivity index (χ3n) is 4.01. The molecule has 5 nitrogen and oxygen atoms in total. The summed E-state index contributed by atoms with van der Waals surface area (Å²) in [7, 11) is 0. The molecule has 0 aliphatic carbocycles. The first-order valence-corrected chi connectivity index (χ1v) is 8.33. The van der Waals surface area contributed by atoms with Crippen molar-refractivity contribution in [2.45, 2.75) is 6.54 Å². The third kappa shape index (κ3) is 3.76. The van der Waals surface area contributed by atoms with E-state index in [1.807, 2.05) is 0 Å². The van der Waals surface area contributed by atoms with Crippen molar-refractivity contribution in [2.75, 3.05) is 13.2 Å². The maximum atomic E-state index is 13.4. The van der Waals surface area contributed by atoms with Crippen LogP contribution in [0.3, 0.4) is 0 Å². The van der Waals surface area contributed by atoms with Gasteiger partial charge in [0.05, 0.1) is 17.7 Å². The number of aliphatic hydroxyl groups excluding tert-OH is 1. The van der Waals surface area contributed by atoms with E-state index in [2.05, 4.69) is 4.98 Å². The maximum Gasteiger partial charge on any atom is 0.255 e. The van der Waals surface area contributed by atoms with Crippen molar-refractivity contribution in [1.29, 1.82) is 0 Å². The van der Waals surface area contributed by atoms with Gasteiger partial charge in [-0.2, -0.15) is 0 Å². The van der Waals surface area contributed by atoms with Gasteiger partial charge in [0.2, 0.25) is 5.56 Å². The highest BCUT2D eigenvalue weighted by Crippen LogP contribution is 2.21. The first-order valence-electron chi connectivity index (χ1n) is 7.95. The summed E-state index contributed by atoms with van der Waals surface area (Å²) < 4.78 is 13.4. The SMILES string of the molecule is O=C(c1cc(=O)[nH]c2cc(F)ccc12)N(CCO)Cc1ccccc1Cl. The van der Waals surface area contributed by atoms with Gasteiger partial charge in [-0.05, 0) is 29.8 Å². The van der Waals surface area contributed by atoms with Gasteiger partial charge in [-0.3, -0.25) is 9.59 Å². The second-order valence-corrected chi connectivity index (χ2v) is 6.19. The van der Waals surface area contributed by atoms with Crippen LogP contribution < -0.4 is 5.56 Å². The van der Waals surface area contributed by atoms with E-state index in [0.29, 0.717) is 10.4 Å². The fraction of sp³-hybridized carbons (Fsp3) is 0.158. The normalized spacial score (nSPS) is 10.9. The second-order valence-electron chi connectivity index (χ2n) is 5.78. The molecule has 3 rings (SSSR count). The smallest absolute Gasteiger partial charge is 0.255 e. The zero-order valence-electron chi connectivity index (χ0n) is 13.7. The number of fused-ring (bicyclic) bond motifs is 1. The largest absolute Gasteiger partial charge is 0.395 e. The summed E-state index contributed by atoms with van der Waals surface area (Å²) in [6, 6.07) is 12.1. The molecule has 1 aromatic heterocycles. The number of benzene rings is 2. The van der Waals surface area contributed by atoms with E-state index in [9.17, 15) is 19.1 Å². The Morgan fingerprint density at radius 3 is 2.69 bits per heavy atom. The predicted octanol–water partition coefficient (Wildman–Crippen LogP) is 2.96. The Labute approximate surface area is 153 Å².